The molecule has 17 heavy (non-hydrogen) atoms. The van der Waals surface area contributed by atoms with Crippen molar-refractivity contribution in [2.24, 2.45) is 0 Å². The van der Waals surface area contributed by atoms with Crippen LogP contribution in [0.5, 0.6) is 5.75 Å². The number of hydrogen-bond acceptors (Lipinski definition) is 3. The summed E-state index contributed by atoms with van der Waals surface area (Å²) in [5.74, 6) is 0.112. The van der Waals surface area contributed by atoms with Gasteiger partial charge in [-0.05, 0) is 24.3 Å². The molecular weight excluding hydrogens is 222 g/mol. The number of anilines is 1. The number of urea groups is 2. The molecule has 0 aliphatic rings. The van der Waals surface area contributed by atoms with E-state index in [4.69, 9.17) is 5.11 Å². The van der Waals surface area contributed by atoms with E-state index in [2.05, 4.69) is 5.32 Å². The molecule has 0 heterocycles. The van der Waals surface area contributed by atoms with Gasteiger partial charge in [-0.25, -0.2) is 14.5 Å². The van der Waals surface area contributed by atoms with Crippen molar-refractivity contribution in [3.8, 4) is 5.75 Å². The van der Waals surface area contributed by atoms with Crippen LogP contribution in [0.15, 0.2) is 24.3 Å². The van der Waals surface area contributed by atoms with Crippen LogP contribution >= 0.6 is 0 Å². The van der Waals surface area contributed by atoms with Crippen LogP contribution in [0.2, 0.25) is 0 Å². The van der Waals surface area contributed by atoms with E-state index >= 15 is 0 Å². The Bertz CT molecular complexity index is 414. The third-order valence-corrected chi connectivity index (χ3v) is 2.09. The Morgan fingerprint density at radius 2 is 1.65 bits per heavy atom. The maximum absolute atomic E-state index is 11.6. The molecular formula is C11H15N3O3. The van der Waals surface area contributed by atoms with Gasteiger partial charge in [-0.1, -0.05) is 0 Å². The van der Waals surface area contributed by atoms with E-state index in [9.17, 15) is 9.59 Å². The zero-order chi connectivity index (χ0) is 13.0. The molecule has 0 bridgehead atoms. The van der Waals surface area contributed by atoms with E-state index in [-0.39, 0.29) is 5.75 Å². The molecule has 0 radical (unpaired) electrons. The number of amides is 4. The summed E-state index contributed by atoms with van der Waals surface area (Å²) in [5.41, 5.74) is 0.506. The highest BCUT2D eigenvalue weighted by Gasteiger charge is 2.18. The second-order valence-corrected chi connectivity index (χ2v) is 3.71. The van der Waals surface area contributed by atoms with Gasteiger partial charge in [-0.3, -0.25) is 0 Å². The van der Waals surface area contributed by atoms with Crippen LogP contribution in [-0.2, 0) is 0 Å². The van der Waals surface area contributed by atoms with Crippen LogP contribution in [0.4, 0.5) is 15.3 Å². The van der Waals surface area contributed by atoms with Crippen LogP contribution in [-0.4, -0.2) is 48.1 Å². The Morgan fingerprint density at radius 1 is 1.12 bits per heavy atom. The summed E-state index contributed by atoms with van der Waals surface area (Å²) in [6.45, 7) is 0. The van der Waals surface area contributed by atoms with Gasteiger partial charge in [0.25, 0.3) is 0 Å². The zero-order valence-electron chi connectivity index (χ0n) is 9.97. The number of phenols is 1. The maximum Gasteiger partial charge on any atom is 0.329 e. The normalized spacial score (nSPS) is 9.59. The summed E-state index contributed by atoms with van der Waals surface area (Å²) in [5, 5.41) is 11.6. The molecule has 2 N–H and O–H groups in total. The molecule has 0 aliphatic carbocycles. The number of imide groups is 1. The monoisotopic (exact) mass is 237 g/mol. The van der Waals surface area contributed by atoms with Gasteiger partial charge in [0.05, 0.1) is 0 Å². The van der Waals surface area contributed by atoms with Crippen molar-refractivity contribution in [2.45, 2.75) is 0 Å². The first-order chi connectivity index (χ1) is 7.91. The minimum Gasteiger partial charge on any atom is -0.508 e. The van der Waals surface area contributed by atoms with Crippen molar-refractivity contribution in [1.29, 1.82) is 0 Å². The molecule has 1 rings (SSSR count). The van der Waals surface area contributed by atoms with Crippen LogP contribution in [0.1, 0.15) is 0 Å². The first-order valence-corrected chi connectivity index (χ1v) is 4.97. The van der Waals surface area contributed by atoms with E-state index in [1.807, 2.05) is 0 Å². The van der Waals surface area contributed by atoms with Crippen molar-refractivity contribution < 1.29 is 14.7 Å². The molecule has 0 aromatic heterocycles. The highest BCUT2D eigenvalue weighted by molar-refractivity contribution is 6.00. The van der Waals surface area contributed by atoms with Crippen LogP contribution in [0, 0.1) is 0 Å². The van der Waals surface area contributed by atoms with E-state index < -0.39 is 12.1 Å². The average molecular weight is 237 g/mol. The Morgan fingerprint density at radius 3 is 2.12 bits per heavy atom. The lowest BCUT2D eigenvalue weighted by Crippen LogP contribution is -2.42. The van der Waals surface area contributed by atoms with Crippen LogP contribution in [0.25, 0.3) is 0 Å². The summed E-state index contributed by atoms with van der Waals surface area (Å²) in [6.07, 6.45) is 0. The molecule has 0 fully saturated rings. The van der Waals surface area contributed by atoms with Gasteiger partial charge in [-0.15, -0.1) is 0 Å². The number of hydrogen-bond donors (Lipinski definition) is 2. The molecule has 0 saturated heterocycles. The number of phenolic OH excluding ortho intramolecular Hbond substituents is 1. The molecule has 6 heteroatoms. The molecule has 0 atom stereocenters. The Balaban J connectivity index is 2.66. The largest absolute Gasteiger partial charge is 0.508 e. The van der Waals surface area contributed by atoms with E-state index in [1.165, 1.54) is 24.1 Å². The van der Waals surface area contributed by atoms with Gasteiger partial charge >= 0.3 is 12.1 Å². The number of benzene rings is 1. The summed E-state index contributed by atoms with van der Waals surface area (Å²) >= 11 is 0. The lowest BCUT2D eigenvalue weighted by atomic mass is 10.3. The highest BCUT2D eigenvalue weighted by atomic mass is 16.3. The number of carbonyl (C=O) groups excluding carboxylic acids is 2. The second kappa shape index (κ2) is 5.20. The van der Waals surface area contributed by atoms with Gasteiger partial charge < -0.3 is 15.3 Å². The Hall–Kier alpha value is -2.24. The zero-order valence-corrected chi connectivity index (χ0v) is 9.97. The molecule has 0 unspecified atom stereocenters. The van der Waals surface area contributed by atoms with E-state index in [0.717, 1.165) is 4.90 Å². The first-order valence-electron chi connectivity index (χ1n) is 4.97. The third-order valence-electron chi connectivity index (χ3n) is 2.09. The Labute approximate surface area is 99.4 Å². The summed E-state index contributed by atoms with van der Waals surface area (Å²) < 4.78 is 0. The Kier molecular flexibility index (Phi) is 3.92. The van der Waals surface area contributed by atoms with Gasteiger partial charge in [0, 0.05) is 26.8 Å². The average Bonchev–Trinajstić information content (AvgIpc) is 2.30. The van der Waals surface area contributed by atoms with E-state index in [1.54, 1.807) is 26.2 Å². The van der Waals surface area contributed by atoms with Crippen LogP contribution in [0.3, 0.4) is 0 Å². The second-order valence-electron chi connectivity index (χ2n) is 3.71. The predicted molar refractivity (Wildman–Crippen MR) is 64.0 cm³/mol. The van der Waals surface area contributed by atoms with Crippen molar-refractivity contribution in [2.75, 3.05) is 26.5 Å². The SMILES string of the molecule is CN(C)C(=O)N(C)C(=O)Nc1ccc(O)cc1. The van der Waals surface area contributed by atoms with Crippen molar-refractivity contribution >= 4 is 17.7 Å². The molecule has 4 amide bonds. The standard InChI is InChI=1S/C11H15N3O3/c1-13(2)11(17)14(3)10(16)12-8-4-6-9(15)7-5-8/h4-7,15H,1-3H3,(H,12,16). The number of nitrogens with zero attached hydrogens (tertiary/aromatic N) is 2. The number of carbonyl (C=O) groups is 2. The van der Waals surface area contributed by atoms with Gasteiger partial charge in [0.1, 0.15) is 5.75 Å². The van der Waals surface area contributed by atoms with Crippen LogP contribution < -0.4 is 5.32 Å². The lowest BCUT2D eigenvalue weighted by Gasteiger charge is -2.20. The first kappa shape index (κ1) is 12.8. The van der Waals surface area contributed by atoms with E-state index in [0.29, 0.717) is 5.69 Å². The number of aromatic hydroxyl groups is 1. The minimum absolute atomic E-state index is 0.112. The lowest BCUT2D eigenvalue weighted by molar-refractivity contribution is 0.182. The third kappa shape index (κ3) is 3.37. The smallest absolute Gasteiger partial charge is 0.329 e. The molecule has 1 aromatic carbocycles. The summed E-state index contributed by atoms with van der Waals surface area (Å²) in [6, 6.07) is 5.03. The highest BCUT2D eigenvalue weighted by Crippen LogP contribution is 2.14. The topological polar surface area (TPSA) is 72.9 Å². The molecule has 92 valence electrons. The predicted octanol–water partition coefficient (Wildman–Crippen LogP) is 1.54. The molecule has 1 aromatic rings. The van der Waals surface area contributed by atoms with Crippen molar-refractivity contribution in [3.05, 3.63) is 24.3 Å². The molecule has 0 saturated carbocycles. The number of rotatable bonds is 1. The van der Waals surface area contributed by atoms with Gasteiger partial charge in [0.2, 0.25) is 0 Å². The van der Waals surface area contributed by atoms with Crippen molar-refractivity contribution in [3.63, 3.8) is 0 Å². The summed E-state index contributed by atoms with van der Waals surface area (Å²) in [7, 11) is 4.51. The molecule has 6 nitrogen and oxygen atoms in total. The fraction of sp³-hybridized carbons (Fsp3) is 0.273. The maximum atomic E-state index is 11.6. The van der Waals surface area contributed by atoms with Gasteiger partial charge in [-0.2, -0.15) is 0 Å². The molecule has 0 spiro atoms. The van der Waals surface area contributed by atoms with Gasteiger partial charge in [0.15, 0.2) is 0 Å². The fourth-order valence-corrected chi connectivity index (χ4v) is 1.14. The fourth-order valence-electron chi connectivity index (χ4n) is 1.14. The number of nitrogens with one attached hydrogen (secondary N) is 1. The summed E-state index contributed by atoms with van der Waals surface area (Å²) in [4.78, 5) is 25.4. The minimum atomic E-state index is -0.533. The quantitative estimate of drug-likeness (QED) is 0.727. The molecule has 0 aliphatic heterocycles. The van der Waals surface area contributed by atoms with Crippen molar-refractivity contribution in [1.82, 2.24) is 9.80 Å².